The molecule has 4 aromatic rings. The van der Waals surface area contributed by atoms with Gasteiger partial charge in [0.05, 0.1) is 30.9 Å². The standard InChI is InChI=1S/C34H35FN6O5/c1-20-24-17-21(9-13-27(24)41(23-7-4-3-5-8-23)30(20)25-11-10-22(35)18-36-25)31(44)40-34(15-6-16-34)33(45)39-28-19-37-26(12-14-29(42)43)32(38-28)46-2/h9-14,17-19,23H,3-8,15-16H2,1-2H3,(H,40,44)(H,42,43)(H,38,39,45)/b14-12+. The predicted octanol–water partition coefficient (Wildman–Crippen LogP) is 5.84. The second-order valence-corrected chi connectivity index (χ2v) is 11.9. The molecule has 2 fully saturated rings. The summed E-state index contributed by atoms with van der Waals surface area (Å²) in [6, 6.07) is 8.98. The van der Waals surface area contributed by atoms with Gasteiger partial charge in [-0.05, 0) is 81.0 Å². The van der Waals surface area contributed by atoms with Crippen LogP contribution in [0.5, 0.6) is 5.88 Å². The van der Waals surface area contributed by atoms with Crippen LogP contribution in [0.3, 0.4) is 0 Å². The molecule has 6 rings (SSSR count). The highest BCUT2D eigenvalue weighted by Gasteiger charge is 2.46. The maximum Gasteiger partial charge on any atom is 0.328 e. The Labute approximate surface area is 264 Å². The molecule has 3 heterocycles. The van der Waals surface area contributed by atoms with E-state index in [1.54, 1.807) is 12.1 Å². The number of nitrogens with one attached hydrogen (secondary N) is 2. The summed E-state index contributed by atoms with van der Waals surface area (Å²) in [7, 11) is 1.36. The van der Waals surface area contributed by atoms with E-state index in [1.807, 2.05) is 19.1 Å². The van der Waals surface area contributed by atoms with Crippen molar-refractivity contribution in [3.05, 3.63) is 71.4 Å². The lowest BCUT2D eigenvalue weighted by Crippen LogP contribution is -2.61. The summed E-state index contributed by atoms with van der Waals surface area (Å²) in [4.78, 5) is 50.8. The second kappa shape index (κ2) is 12.7. The molecule has 12 heteroatoms. The number of rotatable bonds is 9. The molecule has 0 unspecified atom stereocenters. The molecule has 0 radical (unpaired) electrons. The van der Waals surface area contributed by atoms with E-state index >= 15 is 0 Å². The summed E-state index contributed by atoms with van der Waals surface area (Å²) in [5, 5.41) is 15.5. The molecule has 3 aromatic heterocycles. The normalized spacial score (nSPS) is 16.2. The van der Waals surface area contributed by atoms with E-state index in [9.17, 15) is 18.8 Å². The minimum Gasteiger partial charge on any atom is -0.479 e. The Bertz CT molecular complexity index is 1840. The number of aliphatic carboxylic acids is 1. The Morgan fingerprint density at radius 1 is 1.07 bits per heavy atom. The van der Waals surface area contributed by atoms with Crippen molar-refractivity contribution >= 4 is 40.6 Å². The van der Waals surface area contributed by atoms with Gasteiger partial charge in [-0.25, -0.2) is 14.2 Å². The van der Waals surface area contributed by atoms with Crippen LogP contribution in [0.4, 0.5) is 10.2 Å². The van der Waals surface area contributed by atoms with E-state index < -0.39 is 23.2 Å². The molecule has 238 valence electrons. The van der Waals surface area contributed by atoms with Crippen LogP contribution in [-0.4, -0.2) is 55.1 Å². The molecule has 0 bridgehead atoms. The number of methoxy groups -OCH3 is 1. The molecule has 2 aliphatic carbocycles. The second-order valence-electron chi connectivity index (χ2n) is 11.9. The number of carbonyl (C=O) groups excluding carboxylic acids is 2. The summed E-state index contributed by atoms with van der Waals surface area (Å²) < 4.78 is 21.3. The van der Waals surface area contributed by atoms with Crippen molar-refractivity contribution in [2.24, 2.45) is 0 Å². The molecule has 2 amide bonds. The summed E-state index contributed by atoms with van der Waals surface area (Å²) in [5.74, 6) is -2.20. The van der Waals surface area contributed by atoms with Crippen molar-refractivity contribution in [3.8, 4) is 17.3 Å². The zero-order valence-corrected chi connectivity index (χ0v) is 25.7. The third-order valence-electron chi connectivity index (χ3n) is 9.01. The van der Waals surface area contributed by atoms with Gasteiger partial charge < -0.3 is 25.0 Å². The fraction of sp³-hybridized carbons (Fsp3) is 0.353. The fourth-order valence-corrected chi connectivity index (χ4v) is 6.49. The first-order chi connectivity index (χ1) is 22.2. The number of aromatic nitrogens is 4. The van der Waals surface area contributed by atoms with Crippen LogP contribution in [0.25, 0.3) is 28.4 Å². The summed E-state index contributed by atoms with van der Waals surface area (Å²) in [5.41, 5.74) is 3.04. The fourth-order valence-electron chi connectivity index (χ4n) is 6.49. The quantitative estimate of drug-likeness (QED) is 0.196. The molecule has 2 aliphatic rings. The number of nitrogens with zero attached hydrogens (tertiary/aromatic N) is 4. The Kier molecular flexibility index (Phi) is 8.53. The number of hydrogen-bond donors (Lipinski definition) is 3. The number of carboxylic acid groups (broad SMARTS) is 1. The van der Waals surface area contributed by atoms with E-state index in [0.29, 0.717) is 24.1 Å². The molecule has 3 N–H and O–H groups in total. The predicted molar refractivity (Wildman–Crippen MR) is 170 cm³/mol. The van der Waals surface area contributed by atoms with Crippen LogP contribution in [0.1, 0.15) is 79.0 Å². The van der Waals surface area contributed by atoms with Gasteiger partial charge in [0, 0.05) is 28.6 Å². The molecular weight excluding hydrogens is 591 g/mol. The molecule has 46 heavy (non-hydrogen) atoms. The summed E-state index contributed by atoms with van der Waals surface area (Å²) >= 11 is 0. The van der Waals surface area contributed by atoms with Crippen LogP contribution in [0.2, 0.25) is 0 Å². The SMILES string of the molecule is COc1nc(NC(=O)C2(NC(=O)c3ccc4c(c3)c(C)c(-c3ccc(F)cn3)n4C3CCCCC3)CCC2)cnc1/C=C/C(=O)O. The first-order valence-electron chi connectivity index (χ1n) is 15.4. The van der Waals surface area contributed by atoms with Gasteiger partial charge in [-0.3, -0.25) is 14.6 Å². The third-order valence-corrected chi connectivity index (χ3v) is 9.01. The number of pyridine rings is 1. The lowest BCUT2D eigenvalue weighted by Gasteiger charge is -2.40. The van der Waals surface area contributed by atoms with Crippen molar-refractivity contribution in [1.29, 1.82) is 0 Å². The third kappa shape index (κ3) is 5.94. The Morgan fingerprint density at radius 3 is 2.50 bits per heavy atom. The van der Waals surface area contributed by atoms with E-state index in [1.165, 1.54) is 38.1 Å². The number of carboxylic acids is 1. The highest BCUT2D eigenvalue weighted by molar-refractivity contribution is 6.06. The summed E-state index contributed by atoms with van der Waals surface area (Å²) in [6.07, 6.45) is 11.9. The molecule has 0 saturated heterocycles. The molecular formula is C34H35FN6O5. The first-order valence-corrected chi connectivity index (χ1v) is 15.4. The molecule has 0 aliphatic heterocycles. The zero-order chi connectivity index (χ0) is 32.4. The van der Waals surface area contributed by atoms with Crippen LogP contribution < -0.4 is 15.4 Å². The summed E-state index contributed by atoms with van der Waals surface area (Å²) in [6.45, 7) is 2.00. The molecule has 2 saturated carbocycles. The van der Waals surface area contributed by atoms with E-state index in [4.69, 9.17) is 9.84 Å². The Morgan fingerprint density at radius 2 is 1.85 bits per heavy atom. The maximum absolute atomic E-state index is 13.8. The van der Waals surface area contributed by atoms with Crippen LogP contribution in [0.15, 0.2) is 48.8 Å². The number of amides is 2. The van der Waals surface area contributed by atoms with Crippen molar-refractivity contribution in [2.75, 3.05) is 12.4 Å². The number of fused-ring (bicyclic) bond motifs is 1. The van der Waals surface area contributed by atoms with Gasteiger partial charge >= 0.3 is 5.97 Å². The van der Waals surface area contributed by atoms with E-state index in [0.717, 1.165) is 60.3 Å². The van der Waals surface area contributed by atoms with Crippen LogP contribution in [0, 0.1) is 12.7 Å². The number of ether oxygens (including phenoxy) is 1. The zero-order valence-electron chi connectivity index (χ0n) is 25.7. The van der Waals surface area contributed by atoms with E-state index in [-0.39, 0.29) is 29.3 Å². The number of aryl methyl sites for hydroxylation is 1. The number of benzene rings is 1. The van der Waals surface area contributed by atoms with Crippen molar-refractivity contribution < 1.29 is 28.6 Å². The average Bonchev–Trinajstić information content (AvgIpc) is 3.33. The van der Waals surface area contributed by atoms with Gasteiger partial charge in [-0.2, -0.15) is 4.98 Å². The lowest BCUT2D eigenvalue weighted by atomic mass is 9.75. The van der Waals surface area contributed by atoms with Gasteiger partial charge in [-0.15, -0.1) is 0 Å². The van der Waals surface area contributed by atoms with Crippen LogP contribution >= 0.6 is 0 Å². The van der Waals surface area contributed by atoms with E-state index in [2.05, 4.69) is 30.2 Å². The minimum absolute atomic E-state index is 0.0426. The average molecular weight is 627 g/mol. The molecule has 1 aromatic carbocycles. The van der Waals surface area contributed by atoms with Crippen molar-refractivity contribution in [1.82, 2.24) is 24.8 Å². The number of halogens is 1. The minimum atomic E-state index is -1.15. The Balaban J connectivity index is 1.27. The highest BCUT2D eigenvalue weighted by atomic mass is 19.1. The van der Waals surface area contributed by atoms with Gasteiger partial charge in [0.2, 0.25) is 5.88 Å². The van der Waals surface area contributed by atoms with Gasteiger partial charge in [0.1, 0.15) is 17.1 Å². The molecule has 11 nitrogen and oxygen atoms in total. The smallest absolute Gasteiger partial charge is 0.328 e. The lowest BCUT2D eigenvalue weighted by molar-refractivity contribution is -0.131. The van der Waals surface area contributed by atoms with Crippen LogP contribution in [-0.2, 0) is 9.59 Å². The monoisotopic (exact) mass is 626 g/mol. The first kappa shape index (κ1) is 30.9. The van der Waals surface area contributed by atoms with Crippen molar-refractivity contribution in [3.63, 3.8) is 0 Å². The maximum atomic E-state index is 13.8. The van der Waals surface area contributed by atoms with Crippen molar-refractivity contribution in [2.45, 2.75) is 69.9 Å². The molecule has 0 spiro atoms. The largest absolute Gasteiger partial charge is 0.479 e. The van der Waals surface area contributed by atoms with Gasteiger partial charge in [0.25, 0.3) is 11.8 Å². The molecule has 0 atom stereocenters. The topological polar surface area (TPSA) is 148 Å². The number of hydrogen-bond acceptors (Lipinski definition) is 7. The van der Waals surface area contributed by atoms with Gasteiger partial charge in [-0.1, -0.05) is 19.3 Å². The number of anilines is 1. The number of carbonyl (C=O) groups is 3. The Hall–Kier alpha value is -5.13. The van der Waals surface area contributed by atoms with Gasteiger partial charge in [0.15, 0.2) is 5.82 Å². The highest BCUT2D eigenvalue weighted by Crippen LogP contribution is 2.40.